The number of benzene rings is 5. The molecule has 0 unspecified atom stereocenters. The Morgan fingerprint density at radius 1 is 0.488 bits per heavy atom. The highest BCUT2D eigenvalue weighted by Crippen LogP contribution is 2.41. The molecule has 0 radical (unpaired) electrons. The maximum atomic E-state index is 6.25. The van der Waals surface area contributed by atoms with E-state index in [9.17, 15) is 0 Å². The van der Waals surface area contributed by atoms with Crippen LogP contribution in [0.2, 0.25) is 0 Å². The van der Waals surface area contributed by atoms with E-state index in [0.717, 1.165) is 49.7 Å². The van der Waals surface area contributed by atoms with E-state index in [0.29, 0.717) is 0 Å². The van der Waals surface area contributed by atoms with Crippen LogP contribution in [0.4, 0.5) is 0 Å². The van der Waals surface area contributed by atoms with Crippen molar-refractivity contribution in [2.24, 2.45) is 0 Å². The molecule has 196 valence electrons. The summed E-state index contributed by atoms with van der Waals surface area (Å²) in [5.74, 6) is 0. The third kappa shape index (κ3) is 3.62. The Balaban J connectivity index is 1.11. The molecule has 3 aliphatic rings. The average molecular weight is 527 g/mol. The van der Waals surface area contributed by atoms with Gasteiger partial charge in [-0.2, -0.15) is 0 Å². The van der Waals surface area contributed by atoms with E-state index in [-0.39, 0.29) is 0 Å². The zero-order valence-electron chi connectivity index (χ0n) is 23.0. The molecular formula is C40H30O. The molecule has 0 bridgehead atoms. The smallest absolute Gasteiger partial charge is 0.136 e. The van der Waals surface area contributed by atoms with Crippen LogP contribution >= 0.6 is 0 Å². The van der Waals surface area contributed by atoms with Gasteiger partial charge in [-0.05, 0) is 135 Å². The summed E-state index contributed by atoms with van der Waals surface area (Å²) in [5.41, 5.74) is 13.4. The average Bonchev–Trinajstić information content (AvgIpc) is 3.40. The molecule has 0 fully saturated rings. The molecule has 0 saturated carbocycles. The van der Waals surface area contributed by atoms with Crippen LogP contribution < -0.4 is 0 Å². The lowest BCUT2D eigenvalue weighted by molar-refractivity contribution is 0.669. The lowest BCUT2D eigenvalue weighted by Gasteiger charge is -2.24. The second-order valence-corrected chi connectivity index (χ2v) is 11.8. The minimum absolute atomic E-state index is 0.957. The molecule has 41 heavy (non-hydrogen) atoms. The van der Waals surface area contributed by atoms with Gasteiger partial charge in [-0.1, -0.05) is 78.9 Å². The van der Waals surface area contributed by atoms with Gasteiger partial charge in [-0.25, -0.2) is 0 Å². The molecule has 6 aromatic rings. The molecule has 0 amide bonds. The van der Waals surface area contributed by atoms with Gasteiger partial charge in [-0.15, -0.1) is 0 Å². The highest BCUT2D eigenvalue weighted by Gasteiger charge is 2.21. The van der Waals surface area contributed by atoms with Crippen LogP contribution in [-0.2, 0) is 12.8 Å². The zero-order valence-corrected chi connectivity index (χ0v) is 23.0. The van der Waals surface area contributed by atoms with Gasteiger partial charge < -0.3 is 4.42 Å². The van der Waals surface area contributed by atoms with Gasteiger partial charge in [0.15, 0.2) is 0 Å². The molecule has 0 atom stereocenters. The molecule has 3 aliphatic carbocycles. The van der Waals surface area contributed by atoms with Crippen molar-refractivity contribution < 1.29 is 4.42 Å². The monoisotopic (exact) mass is 526 g/mol. The number of aryl methyl sites for hydroxylation is 2. The summed E-state index contributed by atoms with van der Waals surface area (Å²) in [6, 6.07) is 26.9. The fourth-order valence-corrected chi connectivity index (χ4v) is 7.43. The lowest BCUT2D eigenvalue weighted by atomic mass is 9.80. The van der Waals surface area contributed by atoms with E-state index >= 15 is 0 Å². The SMILES string of the molecule is C1=Cc2c3c(c4cc(C5=CC=C(c6ccc7oc8cc9ccccc9cc8c7c6)CC5)ccc4c2CC1)CCC=C3. The van der Waals surface area contributed by atoms with Crippen molar-refractivity contribution in [1.29, 1.82) is 0 Å². The second kappa shape index (κ2) is 8.94. The van der Waals surface area contributed by atoms with Crippen molar-refractivity contribution in [3.05, 3.63) is 130 Å². The van der Waals surface area contributed by atoms with Crippen molar-refractivity contribution in [3.63, 3.8) is 0 Å². The number of hydrogen-bond donors (Lipinski definition) is 0. The normalized spacial score (nSPS) is 16.3. The molecule has 0 spiro atoms. The molecule has 0 aliphatic heterocycles. The molecule has 9 rings (SSSR count). The first kappa shape index (κ1) is 23.1. The predicted octanol–water partition coefficient (Wildman–Crippen LogP) is 11.1. The summed E-state index contributed by atoms with van der Waals surface area (Å²) in [7, 11) is 0. The van der Waals surface area contributed by atoms with E-state index in [2.05, 4.69) is 109 Å². The van der Waals surface area contributed by atoms with Crippen LogP contribution in [0, 0.1) is 0 Å². The van der Waals surface area contributed by atoms with Gasteiger partial charge in [0.25, 0.3) is 0 Å². The third-order valence-electron chi connectivity index (χ3n) is 9.53. The first-order valence-electron chi connectivity index (χ1n) is 15.0. The van der Waals surface area contributed by atoms with E-state index in [1.54, 1.807) is 0 Å². The van der Waals surface area contributed by atoms with Gasteiger partial charge in [0, 0.05) is 10.8 Å². The molecule has 1 heterocycles. The Morgan fingerprint density at radius 3 is 1.80 bits per heavy atom. The van der Waals surface area contributed by atoms with Gasteiger partial charge in [0.1, 0.15) is 11.2 Å². The Bertz CT molecular complexity index is 2190. The summed E-state index contributed by atoms with van der Waals surface area (Å²) in [5, 5.41) is 7.79. The Labute approximate surface area is 239 Å². The Hall–Kier alpha value is -4.62. The fourth-order valence-electron chi connectivity index (χ4n) is 7.43. The lowest BCUT2D eigenvalue weighted by Crippen LogP contribution is -2.06. The minimum Gasteiger partial charge on any atom is -0.456 e. The van der Waals surface area contributed by atoms with Crippen LogP contribution in [0.1, 0.15) is 59.1 Å². The summed E-state index contributed by atoms with van der Waals surface area (Å²) < 4.78 is 6.25. The second-order valence-electron chi connectivity index (χ2n) is 11.8. The van der Waals surface area contributed by atoms with Crippen molar-refractivity contribution in [1.82, 2.24) is 0 Å². The molecule has 1 nitrogen and oxygen atoms in total. The summed E-state index contributed by atoms with van der Waals surface area (Å²) in [4.78, 5) is 0. The summed E-state index contributed by atoms with van der Waals surface area (Å²) in [6.07, 6.45) is 20.8. The predicted molar refractivity (Wildman–Crippen MR) is 175 cm³/mol. The minimum atomic E-state index is 0.957. The standard InChI is InChI=1S/C40H30O/c1-2-8-28-24-40-38(22-27(28)7-1)37-23-30(18-20-39(37)41-40)26-15-13-25(14-16-26)29-17-19-35-33-11-4-3-9-31(33)32-10-5-6-12-34(32)36(35)21-29/h1-3,5,7-10,13,15,17-24H,4,6,11-12,14,16H2. The maximum absolute atomic E-state index is 6.25. The molecule has 0 saturated heterocycles. The first-order chi connectivity index (χ1) is 20.3. The van der Waals surface area contributed by atoms with Crippen LogP contribution in [0.3, 0.4) is 0 Å². The van der Waals surface area contributed by atoms with Gasteiger partial charge in [0.05, 0.1) is 0 Å². The number of furan rings is 1. The Morgan fingerprint density at radius 2 is 1.10 bits per heavy atom. The fraction of sp³-hybridized carbons (Fsp3) is 0.150. The molecule has 5 aromatic carbocycles. The summed E-state index contributed by atoms with van der Waals surface area (Å²) in [6.45, 7) is 0. The highest BCUT2D eigenvalue weighted by atomic mass is 16.3. The van der Waals surface area contributed by atoms with Crippen molar-refractivity contribution in [3.8, 4) is 0 Å². The largest absolute Gasteiger partial charge is 0.456 e. The van der Waals surface area contributed by atoms with E-state index in [1.165, 1.54) is 76.8 Å². The van der Waals surface area contributed by atoms with Gasteiger partial charge >= 0.3 is 0 Å². The number of rotatable bonds is 2. The van der Waals surface area contributed by atoms with Crippen LogP contribution in [-0.4, -0.2) is 0 Å². The topological polar surface area (TPSA) is 13.1 Å². The maximum Gasteiger partial charge on any atom is 0.136 e. The van der Waals surface area contributed by atoms with Crippen molar-refractivity contribution >= 4 is 66.8 Å². The highest BCUT2D eigenvalue weighted by molar-refractivity contribution is 6.10. The van der Waals surface area contributed by atoms with E-state index in [4.69, 9.17) is 4.42 Å². The summed E-state index contributed by atoms with van der Waals surface area (Å²) >= 11 is 0. The number of allylic oxidation sites excluding steroid dienone is 6. The third-order valence-corrected chi connectivity index (χ3v) is 9.53. The Kier molecular flexibility index (Phi) is 5.04. The molecule has 1 heteroatoms. The van der Waals surface area contributed by atoms with Gasteiger partial charge in [-0.3, -0.25) is 0 Å². The van der Waals surface area contributed by atoms with Crippen molar-refractivity contribution in [2.45, 2.75) is 38.5 Å². The van der Waals surface area contributed by atoms with Crippen molar-refractivity contribution in [2.75, 3.05) is 0 Å². The van der Waals surface area contributed by atoms with Crippen LogP contribution in [0.15, 0.2) is 102 Å². The molecule has 0 N–H and O–H groups in total. The quantitative estimate of drug-likeness (QED) is 0.219. The van der Waals surface area contributed by atoms with Crippen LogP contribution in [0.25, 0.3) is 66.8 Å². The van der Waals surface area contributed by atoms with E-state index in [1.807, 2.05) is 0 Å². The zero-order chi connectivity index (χ0) is 26.9. The first-order valence-corrected chi connectivity index (χ1v) is 15.0. The molecular weight excluding hydrogens is 496 g/mol. The number of fused-ring (bicyclic) bond motifs is 10. The van der Waals surface area contributed by atoms with E-state index < -0.39 is 0 Å². The molecule has 1 aromatic heterocycles. The van der Waals surface area contributed by atoms with Crippen LogP contribution in [0.5, 0.6) is 0 Å². The number of hydrogen-bond acceptors (Lipinski definition) is 1. The van der Waals surface area contributed by atoms with Gasteiger partial charge in [0.2, 0.25) is 0 Å².